The molecule has 0 saturated carbocycles. The number of aryl methyl sites for hydroxylation is 1. The van der Waals surface area contributed by atoms with Crippen LogP contribution in [0.25, 0.3) is 0 Å². The third-order valence-electron chi connectivity index (χ3n) is 4.70. The highest BCUT2D eigenvalue weighted by molar-refractivity contribution is 7.88. The molecule has 1 aromatic heterocycles. The number of fused-ring (bicyclic) bond motifs is 1. The minimum atomic E-state index is -3.14. The van der Waals surface area contributed by atoms with Gasteiger partial charge in [-0.3, -0.25) is 0 Å². The molecule has 7 nitrogen and oxygen atoms in total. The van der Waals surface area contributed by atoms with Gasteiger partial charge in [0.25, 0.3) is 0 Å². The third kappa shape index (κ3) is 4.23. The Morgan fingerprint density at radius 3 is 2.58 bits per heavy atom. The van der Waals surface area contributed by atoms with E-state index < -0.39 is 10.0 Å². The van der Waals surface area contributed by atoms with Gasteiger partial charge in [-0.2, -0.15) is 0 Å². The third-order valence-corrected chi connectivity index (χ3v) is 5.46. The lowest BCUT2D eigenvalue weighted by atomic mass is 10.0. The SMILES string of the molecule is CCc1nc2c(c(N3CCC(NS(C)(=O)=O)CC3)n1)CCNCC2. The summed E-state index contributed by atoms with van der Waals surface area (Å²) < 4.78 is 25.6. The first kappa shape index (κ1) is 17.6. The maximum absolute atomic E-state index is 11.4. The Morgan fingerprint density at radius 2 is 1.92 bits per heavy atom. The van der Waals surface area contributed by atoms with Crippen LogP contribution in [-0.2, 0) is 29.3 Å². The van der Waals surface area contributed by atoms with Crippen LogP contribution >= 0.6 is 0 Å². The zero-order valence-corrected chi connectivity index (χ0v) is 15.3. The van der Waals surface area contributed by atoms with Crippen molar-refractivity contribution in [2.24, 2.45) is 0 Å². The van der Waals surface area contributed by atoms with Crippen molar-refractivity contribution in [3.63, 3.8) is 0 Å². The van der Waals surface area contributed by atoms with Gasteiger partial charge in [0.2, 0.25) is 10.0 Å². The molecule has 3 heterocycles. The second kappa shape index (κ2) is 7.33. The van der Waals surface area contributed by atoms with E-state index in [2.05, 4.69) is 21.9 Å². The maximum Gasteiger partial charge on any atom is 0.208 e. The summed E-state index contributed by atoms with van der Waals surface area (Å²) in [6.45, 7) is 5.66. The van der Waals surface area contributed by atoms with Crippen molar-refractivity contribution in [3.05, 3.63) is 17.1 Å². The summed E-state index contributed by atoms with van der Waals surface area (Å²) in [6, 6.07) is 0.0315. The summed E-state index contributed by atoms with van der Waals surface area (Å²) in [5.74, 6) is 1.97. The zero-order chi connectivity index (χ0) is 17.2. The first-order chi connectivity index (χ1) is 11.5. The predicted octanol–water partition coefficient (Wildman–Crippen LogP) is 0.245. The van der Waals surface area contributed by atoms with E-state index in [4.69, 9.17) is 9.97 Å². The number of nitrogens with zero attached hydrogens (tertiary/aromatic N) is 3. The molecule has 0 unspecified atom stereocenters. The molecule has 2 aliphatic heterocycles. The molecule has 2 N–H and O–H groups in total. The van der Waals surface area contributed by atoms with E-state index >= 15 is 0 Å². The van der Waals surface area contributed by atoms with Crippen LogP contribution in [0.15, 0.2) is 0 Å². The second-order valence-corrected chi connectivity index (χ2v) is 8.42. The Kier molecular flexibility index (Phi) is 5.36. The van der Waals surface area contributed by atoms with Crippen molar-refractivity contribution in [1.29, 1.82) is 0 Å². The average Bonchev–Trinajstić information content (AvgIpc) is 2.78. The molecule has 2 aliphatic rings. The standard InChI is InChI=1S/C16H27N5O2S/c1-3-15-18-14-5-9-17-8-4-13(14)16(19-15)21-10-6-12(7-11-21)20-24(2,22)23/h12,17,20H,3-11H2,1-2H3. The Hall–Kier alpha value is -1.25. The second-order valence-electron chi connectivity index (χ2n) is 6.64. The van der Waals surface area contributed by atoms with Gasteiger partial charge >= 0.3 is 0 Å². The minimum absolute atomic E-state index is 0.0315. The van der Waals surface area contributed by atoms with Crippen molar-refractivity contribution >= 4 is 15.8 Å². The molecule has 0 aromatic carbocycles. The average molecular weight is 353 g/mol. The van der Waals surface area contributed by atoms with Gasteiger partial charge < -0.3 is 10.2 Å². The molecule has 0 atom stereocenters. The van der Waals surface area contributed by atoms with Gasteiger partial charge in [-0.05, 0) is 25.8 Å². The van der Waals surface area contributed by atoms with Crippen LogP contribution in [0.4, 0.5) is 5.82 Å². The molecule has 1 aromatic rings. The summed E-state index contributed by atoms with van der Waals surface area (Å²) >= 11 is 0. The number of nitrogens with one attached hydrogen (secondary N) is 2. The summed E-state index contributed by atoms with van der Waals surface area (Å²) in [5.41, 5.74) is 2.45. The van der Waals surface area contributed by atoms with E-state index in [1.807, 2.05) is 0 Å². The van der Waals surface area contributed by atoms with E-state index in [1.165, 1.54) is 17.5 Å². The minimum Gasteiger partial charge on any atom is -0.356 e. The van der Waals surface area contributed by atoms with Gasteiger partial charge in [0.1, 0.15) is 11.6 Å². The first-order valence-corrected chi connectivity index (χ1v) is 10.7. The van der Waals surface area contributed by atoms with E-state index in [-0.39, 0.29) is 6.04 Å². The fraction of sp³-hybridized carbons (Fsp3) is 0.750. The predicted molar refractivity (Wildman–Crippen MR) is 94.9 cm³/mol. The molecule has 0 radical (unpaired) electrons. The molecule has 0 spiro atoms. The smallest absolute Gasteiger partial charge is 0.208 e. The van der Waals surface area contributed by atoms with Crippen LogP contribution in [0.5, 0.6) is 0 Å². The molecule has 24 heavy (non-hydrogen) atoms. The van der Waals surface area contributed by atoms with Gasteiger partial charge in [0.15, 0.2) is 0 Å². The summed E-state index contributed by atoms with van der Waals surface area (Å²) in [5, 5.41) is 3.43. The molecule has 1 fully saturated rings. The molecule has 0 aliphatic carbocycles. The fourth-order valence-electron chi connectivity index (χ4n) is 3.51. The van der Waals surface area contributed by atoms with Gasteiger partial charge in [-0.15, -0.1) is 0 Å². The van der Waals surface area contributed by atoms with Crippen molar-refractivity contribution in [2.45, 2.75) is 45.1 Å². The van der Waals surface area contributed by atoms with Crippen LogP contribution in [0.1, 0.15) is 36.8 Å². The van der Waals surface area contributed by atoms with E-state index in [0.29, 0.717) is 0 Å². The number of hydrogen-bond donors (Lipinski definition) is 2. The van der Waals surface area contributed by atoms with Crippen LogP contribution in [-0.4, -0.2) is 56.9 Å². The molecule has 0 amide bonds. The number of sulfonamides is 1. The molecule has 134 valence electrons. The normalized spacial score (nSPS) is 19.8. The van der Waals surface area contributed by atoms with Crippen LogP contribution in [0.3, 0.4) is 0 Å². The molecule has 3 rings (SSSR count). The lowest BCUT2D eigenvalue weighted by Crippen LogP contribution is -2.45. The topological polar surface area (TPSA) is 87.2 Å². The van der Waals surface area contributed by atoms with Crippen LogP contribution in [0, 0.1) is 0 Å². The maximum atomic E-state index is 11.4. The highest BCUT2D eigenvalue weighted by Gasteiger charge is 2.26. The van der Waals surface area contributed by atoms with Gasteiger partial charge in [0, 0.05) is 44.1 Å². The monoisotopic (exact) mass is 353 g/mol. The van der Waals surface area contributed by atoms with Gasteiger partial charge in [-0.1, -0.05) is 6.92 Å². The zero-order valence-electron chi connectivity index (χ0n) is 14.5. The van der Waals surface area contributed by atoms with Gasteiger partial charge in [0.05, 0.1) is 11.9 Å². The number of aromatic nitrogens is 2. The lowest BCUT2D eigenvalue weighted by Gasteiger charge is -2.34. The number of hydrogen-bond acceptors (Lipinski definition) is 6. The summed E-state index contributed by atoms with van der Waals surface area (Å²) in [7, 11) is -3.14. The summed E-state index contributed by atoms with van der Waals surface area (Å²) in [6.07, 6.45) is 5.58. The molecule has 8 heteroatoms. The molecule has 1 saturated heterocycles. The van der Waals surface area contributed by atoms with Crippen LogP contribution in [0.2, 0.25) is 0 Å². The highest BCUT2D eigenvalue weighted by atomic mass is 32.2. The molecular weight excluding hydrogens is 326 g/mol. The number of anilines is 1. The van der Waals surface area contributed by atoms with Crippen molar-refractivity contribution in [2.75, 3.05) is 37.3 Å². The number of piperidine rings is 1. The summed E-state index contributed by atoms with van der Waals surface area (Å²) in [4.78, 5) is 11.9. The van der Waals surface area contributed by atoms with Gasteiger partial charge in [-0.25, -0.2) is 23.1 Å². The Labute approximate surface area is 144 Å². The largest absolute Gasteiger partial charge is 0.356 e. The van der Waals surface area contributed by atoms with Crippen molar-refractivity contribution in [3.8, 4) is 0 Å². The number of rotatable bonds is 4. The Bertz CT molecular complexity index is 684. The van der Waals surface area contributed by atoms with Crippen molar-refractivity contribution < 1.29 is 8.42 Å². The van der Waals surface area contributed by atoms with Crippen molar-refractivity contribution in [1.82, 2.24) is 20.0 Å². The first-order valence-electron chi connectivity index (χ1n) is 8.78. The molecule has 0 bridgehead atoms. The van der Waals surface area contributed by atoms with E-state index in [0.717, 1.165) is 69.9 Å². The highest BCUT2D eigenvalue weighted by Crippen LogP contribution is 2.26. The fourth-order valence-corrected chi connectivity index (χ4v) is 4.35. The Morgan fingerprint density at radius 1 is 1.21 bits per heavy atom. The van der Waals surface area contributed by atoms with Crippen LogP contribution < -0.4 is 14.9 Å². The lowest BCUT2D eigenvalue weighted by molar-refractivity contribution is 0.459. The van der Waals surface area contributed by atoms with E-state index in [9.17, 15) is 8.42 Å². The van der Waals surface area contributed by atoms with E-state index in [1.54, 1.807) is 0 Å². The molecular formula is C16H27N5O2S. The quantitative estimate of drug-likeness (QED) is 0.807. The Balaban J connectivity index is 1.80.